The number of alkyl halides is 3. The number of nitrogens with one attached hydrogen (secondary N) is 1. The van der Waals surface area contributed by atoms with E-state index in [-0.39, 0.29) is 24.7 Å². The molecule has 2 aliphatic carbocycles. The van der Waals surface area contributed by atoms with Crippen molar-refractivity contribution in [1.29, 1.82) is 5.26 Å². The Balaban J connectivity index is 1.35. The van der Waals surface area contributed by atoms with E-state index in [1.165, 1.54) is 0 Å². The van der Waals surface area contributed by atoms with Crippen LogP contribution < -0.4 is 14.8 Å². The Morgan fingerprint density at radius 1 is 1.11 bits per heavy atom. The smallest absolute Gasteiger partial charge is 0.389 e. The lowest BCUT2D eigenvalue weighted by Crippen LogP contribution is -2.48. The molecule has 0 aromatic heterocycles. The normalized spacial score (nSPS) is 21.5. The van der Waals surface area contributed by atoms with Gasteiger partial charge in [0.1, 0.15) is 23.1 Å². The Hall–Kier alpha value is -3.47. The lowest BCUT2D eigenvalue weighted by molar-refractivity contribution is -0.136. The number of fused-ring (bicyclic) bond motifs is 2. The number of hydrogen-bond acceptors (Lipinski definition) is 4. The average molecular weight is 483 g/mol. The molecule has 2 aromatic carbocycles. The van der Waals surface area contributed by atoms with Gasteiger partial charge >= 0.3 is 6.18 Å². The van der Waals surface area contributed by atoms with Crippen molar-refractivity contribution in [3.8, 4) is 17.6 Å². The summed E-state index contributed by atoms with van der Waals surface area (Å²) >= 11 is 0. The monoisotopic (exact) mass is 482 g/mol. The molecule has 8 heteroatoms. The molecule has 1 spiro atoms. The second kappa shape index (κ2) is 8.95. The molecule has 35 heavy (non-hydrogen) atoms. The van der Waals surface area contributed by atoms with Gasteiger partial charge in [-0.1, -0.05) is 18.2 Å². The maximum Gasteiger partial charge on any atom is 0.389 e. The van der Waals surface area contributed by atoms with Crippen molar-refractivity contribution in [3.05, 3.63) is 64.7 Å². The Morgan fingerprint density at radius 3 is 2.54 bits per heavy atom. The summed E-state index contributed by atoms with van der Waals surface area (Å²) in [6, 6.07) is 15.1. The number of amides is 1. The van der Waals surface area contributed by atoms with Gasteiger partial charge in [0.25, 0.3) is 5.91 Å². The number of halogens is 3. The van der Waals surface area contributed by atoms with E-state index in [4.69, 9.17) is 9.47 Å². The van der Waals surface area contributed by atoms with Gasteiger partial charge in [0.15, 0.2) is 0 Å². The predicted octanol–water partition coefficient (Wildman–Crippen LogP) is 5.59. The molecule has 3 aliphatic rings. The van der Waals surface area contributed by atoms with Crippen molar-refractivity contribution >= 4 is 11.5 Å². The third-order valence-corrected chi connectivity index (χ3v) is 6.79. The molecule has 0 bridgehead atoms. The lowest BCUT2D eigenvalue weighted by Gasteiger charge is -2.37. The molecule has 1 aliphatic heterocycles. The molecule has 2 aromatic rings. The fourth-order valence-corrected chi connectivity index (χ4v) is 4.92. The Morgan fingerprint density at radius 2 is 1.86 bits per heavy atom. The number of nitrogens with zero attached hydrogens (tertiary/aromatic N) is 1. The first-order chi connectivity index (χ1) is 16.8. The fraction of sp³-hybridized carbons (Fsp3) is 0.407. The van der Waals surface area contributed by atoms with E-state index < -0.39 is 24.0 Å². The highest BCUT2D eigenvalue weighted by Crippen LogP contribution is 2.47. The molecule has 182 valence electrons. The zero-order valence-electron chi connectivity index (χ0n) is 19.1. The highest BCUT2D eigenvalue weighted by atomic mass is 19.4. The highest BCUT2D eigenvalue weighted by molar-refractivity contribution is 6.07. The minimum Gasteiger partial charge on any atom is -0.494 e. The molecular formula is C27H25F3N2O3. The number of benzene rings is 2. The summed E-state index contributed by atoms with van der Waals surface area (Å²) in [7, 11) is 0. The zero-order valence-corrected chi connectivity index (χ0v) is 19.1. The quantitative estimate of drug-likeness (QED) is 0.523. The minimum absolute atomic E-state index is 0.0148. The second-order valence-electron chi connectivity index (χ2n) is 9.41. The van der Waals surface area contributed by atoms with E-state index in [0.717, 1.165) is 35.3 Å². The minimum atomic E-state index is -4.19. The highest BCUT2D eigenvalue weighted by Gasteiger charge is 2.45. The van der Waals surface area contributed by atoms with Crippen LogP contribution in [0.25, 0.3) is 5.57 Å². The number of hydrogen-bond donors (Lipinski definition) is 1. The zero-order chi connectivity index (χ0) is 24.6. The van der Waals surface area contributed by atoms with Crippen LogP contribution in [0.5, 0.6) is 11.5 Å². The molecule has 1 amide bonds. The summed E-state index contributed by atoms with van der Waals surface area (Å²) < 4.78 is 48.4. The van der Waals surface area contributed by atoms with Gasteiger partial charge in [0.2, 0.25) is 0 Å². The van der Waals surface area contributed by atoms with E-state index >= 15 is 0 Å². The fourth-order valence-electron chi connectivity index (χ4n) is 4.92. The van der Waals surface area contributed by atoms with Crippen LogP contribution in [0.15, 0.2) is 48.0 Å². The molecule has 0 saturated heterocycles. The van der Waals surface area contributed by atoms with Crippen LogP contribution in [-0.2, 0) is 16.8 Å². The van der Waals surface area contributed by atoms with Crippen molar-refractivity contribution in [2.24, 2.45) is 0 Å². The van der Waals surface area contributed by atoms with E-state index in [1.807, 2.05) is 36.4 Å². The summed E-state index contributed by atoms with van der Waals surface area (Å²) in [5, 5.41) is 12.8. The largest absolute Gasteiger partial charge is 0.494 e. The number of carbonyl (C=O) groups excluding carboxylic acids is 1. The summed E-state index contributed by atoms with van der Waals surface area (Å²) in [5.74, 6) is 0.900. The van der Waals surface area contributed by atoms with Crippen LogP contribution in [0.4, 0.5) is 13.2 Å². The van der Waals surface area contributed by atoms with Gasteiger partial charge in [-0.25, -0.2) is 0 Å². The number of ether oxygens (including phenoxy) is 2. The SMILES string of the molecule is N#CC1=C(c2ccc(OC3CC3)cc2)CC2(CCc3cc(OCCCC(F)(F)F)ccc32)NC1=O. The van der Waals surface area contributed by atoms with Crippen LogP contribution in [0.3, 0.4) is 0 Å². The van der Waals surface area contributed by atoms with Crippen LogP contribution >= 0.6 is 0 Å². The van der Waals surface area contributed by atoms with Gasteiger partial charge in [-0.3, -0.25) is 4.79 Å². The number of carbonyl (C=O) groups is 1. The van der Waals surface area contributed by atoms with Crippen molar-refractivity contribution in [2.75, 3.05) is 6.61 Å². The van der Waals surface area contributed by atoms with E-state index in [9.17, 15) is 23.2 Å². The molecule has 1 saturated carbocycles. The maximum absolute atomic E-state index is 13.0. The average Bonchev–Trinajstić information content (AvgIpc) is 3.58. The van der Waals surface area contributed by atoms with Crippen LogP contribution in [0, 0.1) is 11.3 Å². The number of nitriles is 1. The Kier molecular flexibility index (Phi) is 5.96. The Bertz CT molecular complexity index is 1210. The second-order valence-corrected chi connectivity index (χ2v) is 9.41. The first kappa shape index (κ1) is 23.3. The molecule has 5 rings (SSSR count). The van der Waals surface area contributed by atoms with Gasteiger partial charge in [-0.05, 0) is 78.6 Å². The van der Waals surface area contributed by atoms with Crippen molar-refractivity contribution in [3.63, 3.8) is 0 Å². The lowest BCUT2D eigenvalue weighted by atomic mass is 9.78. The molecular weight excluding hydrogens is 457 g/mol. The van der Waals surface area contributed by atoms with Gasteiger partial charge in [-0.15, -0.1) is 0 Å². The summed E-state index contributed by atoms with van der Waals surface area (Å²) in [6.45, 7) is -0.0148. The molecule has 1 atom stereocenters. The van der Waals surface area contributed by atoms with E-state index in [0.29, 0.717) is 30.6 Å². The summed E-state index contributed by atoms with van der Waals surface area (Å²) in [6.07, 6.45) is -0.925. The van der Waals surface area contributed by atoms with Crippen LogP contribution in [0.1, 0.15) is 55.2 Å². The summed E-state index contributed by atoms with van der Waals surface area (Å²) in [4.78, 5) is 13.0. The maximum atomic E-state index is 13.0. The van der Waals surface area contributed by atoms with Crippen molar-refractivity contribution in [1.82, 2.24) is 5.32 Å². The topological polar surface area (TPSA) is 71.3 Å². The molecule has 5 nitrogen and oxygen atoms in total. The molecule has 1 fully saturated rings. The first-order valence-corrected chi connectivity index (χ1v) is 11.8. The van der Waals surface area contributed by atoms with E-state index in [1.54, 1.807) is 6.07 Å². The third kappa shape index (κ3) is 5.00. The molecule has 1 heterocycles. The van der Waals surface area contributed by atoms with Gasteiger partial charge in [-0.2, -0.15) is 18.4 Å². The van der Waals surface area contributed by atoms with Gasteiger partial charge < -0.3 is 14.8 Å². The summed E-state index contributed by atoms with van der Waals surface area (Å²) in [5.41, 5.74) is 2.94. The van der Waals surface area contributed by atoms with Crippen LogP contribution in [0.2, 0.25) is 0 Å². The first-order valence-electron chi connectivity index (χ1n) is 11.8. The van der Waals surface area contributed by atoms with Crippen LogP contribution in [-0.4, -0.2) is 24.8 Å². The molecule has 0 radical (unpaired) electrons. The number of rotatable bonds is 7. The standard InChI is InChI=1S/C27H25F3N2O3/c28-27(29,30)11-1-13-34-21-8-9-24-18(14-21)10-12-26(24)15-22(23(16-31)25(33)32-26)17-2-4-19(5-3-17)35-20-6-7-20/h2-5,8-9,14,20H,1,6-7,10-13,15H2,(H,32,33). The van der Waals surface area contributed by atoms with Gasteiger partial charge in [0, 0.05) is 12.8 Å². The molecule has 1 unspecified atom stereocenters. The predicted molar refractivity (Wildman–Crippen MR) is 123 cm³/mol. The Labute approximate surface area is 201 Å². The van der Waals surface area contributed by atoms with Gasteiger partial charge in [0.05, 0.1) is 18.2 Å². The number of aryl methyl sites for hydroxylation is 1. The van der Waals surface area contributed by atoms with Crippen molar-refractivity contribution in [2.45, 2.75) is 62.8 Å². The van der Waals surface area contributed by atoms with E-state index in [2.05, 4.69) is 11.4 Å². The molecule has 1 N–H and O–H groups in total. The third-order valence-electron chi connectivity index (χ3n) is 6.79. The van der Waals surface area contributed by atoms with Crippen molar-refractivity contribution < 1.29 is 27.4 Å².